The van der Waals surface area contributed by atoms with Crippen molar-refractivity contribution in [2.45, 2.75) is 32.3 Å². The molecule has 3 aromatic carbocycles. The predicted molar refractivity (Wildman–Crippen MR) is 111 cm³/mol. The Balaban J connectivity index is 1.59. The molecule has 0 aliphatic heterocycles. The summed E-state index contributed by atoms with van der Waals surface area (Å²) < 4.78 is 5.99. The lowest BCUT2D eigenvalue weighted by molar-refractivity contribution is -0.115. The van der Waals surface area contributed by atoms with Crippen molar-refractivity contribution in [2.75, 3.05) is 0 Å². The van der Waals surface area contributed by atoms with Crippen LogP contribution in [0.1, 0.15) is 53.8 Å². The van der Waals surface area contributed by atoms with Crippen molar-refractivity contribution in [1.82, 2.24) is 0 Å². The van der Waals surface area contributed by atoms with Gasteiger partial charge >= 0.3 is 0 Å². The Morgan fingerprint density at radius 2 is 1.32 bits per heavy atom. The van der Waals surface area contributed by atoms with Crippen molar-refractivity contribution < 1.29 is 14.3 Å². The van der Waals surface area contributed by atoms with Crippen LogP contribution in [0.4, 0.5) is 0 Å². The maximum atomic E-state index is 12.3. The molecule has 0 saturated carbocycles. The summed E-state index contributed by atoms with van der Waals surface area (Å²) in [5.74, 6) is -0.0550. The van der Waals surface area contributed by atoms with Crippen LogP contribution < -0.4 is 4.74 Å². The van der Waals surface area contributed by atoms with Crippen molar-refractivity contribution in [3.63, 3.8) is 0 Å². The highest BCUT2D eigenvalue weighted by Gasteiger charge is 2.19. The van der Waals surface area contributed by atoms with E-state index in [1.165, 1.54) is 0 Å². The van der Waals surface area contributed by atoms with Crippen LogP contribution in [0.15, 0.2) is 84.9 Å². The second-order valence-corrected chi connectivity index (χ2v) is 6.96. The van der Waals surface area contributed by atoms with Crippen LogP contribution in [0, 0.1) is 0 Å². The van der Waals surface area contributed by atoms with Gasteiger partial charge in [-0.05, 0) is 36.1 Å². The predicted octanol–water partition coefficient (Wildman–Crippen LogP) is 5.77. The summed E-state index contributed by atoms with van der Waals surface area (Å²) in [6, 6.07) is 26.5. The lowest BCUT2D eigenvalue weighted by atomic mass is 9.93. The number of benzene rings is 3. The highest BCUT2D eigenvalue weighted by atomic mass is 16.5. The lowest BCUT2D eigenvalue weighted by Crippen LogP contribution is -2.16. The SMILES string of the molecule is CC(CC(=O)C(=O)c1ccccc1)c1ccc(OC(C)c2ccccc2)cc1. The van der Waals surface area contributed by atoms with Gasteiger partial charge < -0.3 is 4.74 Å². The van der Waals surface area contributed by atoms with Gasteiger partial charge in [0.2, 0.25) is 11.6 Å². The van der Waals surface area contributed by atoms with Crippen LogP contribution in [0.25, 0.3) is 0 Å². The number of ether oxygens (including phenoxy) is 1. The number of hydrogen-bond donors (Lipinski definition) is 0. The molecule has 0 saturated heterocycles. The van der Waals surface area contributed by atoms with Gasteiger partial charge in [0.15, 0.2) is 0 Å². The van der Waals surface area contributed by atoms with Crippen molar-refractivity contribution in [1.29, 1.82) is 0 Å². The van der Waals surface area contributed by atoms with E-state index in [2.05, 4.69) is 0 Å². The third-order valence-electron chi connectivity index (χ3n) is 4.81. The van der Waals surface area contributed by atoms with Crippen molar-refractivity contribution in [3.05, 3.63) is 102 Å². The van der Waals surface area contributed by atoms with Crippen molar-refractivity contribution in [3.8, 4) is 5.75 Å². The molecule has 2 atom stereocenters. The van der Waals surface area contributed by atoms with Crippen LogP contribution in [0.2, 0.25) is 0 Å². The molecule has 28 heavy (non-hydrogen) atoms. The summed E-state index contributed by atoms with van der Waals surface area (Å²) in [7, 11) is 0. The molecule has 0 fully saturated rings. The number of carbonyl (C=O) groups excluding carboxylic acids is 2. The summed E-state index contributed by atoms with van der Waals surface area (Å²) in [5.41, 5.74) is 2.57. The van der Waals surface area contributed by atoms with Gasteiger partial charge in [-0.3, -0.25) is 9.59 Å². The van der Waals surface area contributed by atoms with Gasteiger partial charge in [0, 0.05) is 12.0 Å². The minimum atomic E-state index is -0.427. The summed E-state index contributed by atoms with van der Waals surface area (Å²) in [6.45, 7) is 3.97. The number of ketones is 2. The first-order valence-corrected chi connectivity index (χ1v) is 9.48. The molecule has 0 aliphatic carbocycles. The number of hydrogen-bond acceptors (Lipinski definition) is 3. The number of carbonyl (C=O) groups is 2. The average Bonchev–Trinajstić information content (AvgIpc) is 2.74. The minimum absolute atomic E-state index is 0.0410. The molecule has 3 heteroatoms. The molecule has 0 spiro atoms. The first-order valence-electron chi connectivity index (χ1n) is 9.48. The summed E-state index contributed by atoms with van der Waals surface area (Å²) in [4.78, 5) is 24.6. The highest BCUT2D eigenvalue weighted by Crippen LogP contribution is 2.26. The van der Waals surface area contributed by atoms with Crippen LogP contribution in [0.5, 0.6) is 5.75 Å². The zero-order chi connectivity index (χ0) is 19.9. The fourth-order valence-electron chi connectivity index (χ4n) is 3.11. The number of rotatable bonds is 8. The van der Waals surface area contributed by atoms with E-state index in [1.807, 2.05) is 74.5 Å². The van der Waals surface area contributed by atoms with E-state index in [1.54, 1.807) is 24.3 Å². The lowest BCUT2D eigenvalue weighted by Gasteiger charge is -2.16. The van der Waals surface area contributed by atoms with Gasteiger partial charge in [-0.25, -0.2) is 0 Å². The van der Waals surface area contributed by atoms with E-state index in [4.69, 9.17) is 4.74 Å². The van der Waals surface area contributed by atoms with Gasteiger partial charge in [0.1, 0.15) is 11.9 Å². The molecule has 0 radical (unpaired) electrons. The zero-order valence-electron chi connectivity index (χ0n) is 16.2. The summed E-state index contributed by atoms with van der Waals surface area (Å²) in [6.07, 6.45) is 0.142. The molecule has 0 aliphatic rings. The minimum Gasteiger partial charge on any atom is -0.486 e. The van der Waals surface area contributed by atoms with Crippen molar-refractivity contribution >= 4 is 11.6 Å². The monoisotopic (exact) mass is 372 g/mol. The fraction of sp³-hybridized carbons (Fsp3) is 0.200. The Morgan fingerprint density at radius 3 is 1.93 bits per heavy atom. The van der Waals surface area contributed by atoms with E-state index < -0.39 is 5.78 Å². The standard InChI is InChI=1S/C25H24O3/c1-18(17-24(26)25(27)22-11-7-4-8-12-22)20-13-15-23(16-14-20)28-19(2)21-9-5-3-6-10-21/h3-16,18-19H,17H2,1-2H3. The topological polar surface area (TPSA) is 43.4 Å². The summed E-state index contributed by atoms with van der Waals surface area (Å²) >= 11 is 0. The van der Waals surface area contributed by atoms with Crippen LogP contribution in [0.3, 0.4) is 0 Å². The quantitative estimate of drug-likeness (QED) is 0.372. The largest absolute Gasteiger partial charge is 0.486 e. The molecule has 3 nitrogen and oxygen atoms in total. The molecule has 0 aromatic heterocycles. The molecular weight excluding hydrogens is 348 g/mol. The zero-order valence-corrected chi connectivity index (χ0v) is 16.2. The van der Waals surface area contributed by atoms with E-state index >= 15 is 0 Å². The van der Waals surface area contributed by atoms with Gasteiger partial charge in [-0.2, -0.15) is 0 Å². The maximum Gasteiger partial charge on any atom is 0.228 e. The van der Waals surface area contributed by atoms with Gasteiger partial charge in [-0.15, -0.1) is 0 Å². The Morgan fingerprint density at radius 1 is 0.750 bits per heavy atom. The van der Waals surface area contributed by atoms with E-state index in [0.29, 0.717) is 5.56 Å². The number of Topliss-reactive ketones (excluding diaryl/α,β-unsaturated/α-hetero) is 2. The van der Waals surface area contributed by atoms with Crippen molar-refractivity contribution in [2.24, 2.45) is 0 Å². The van der Waals surface area contributed by atoms with Gasteiger partial charge in [0.25, 0.3) is 0 Å². The molecule has 0 N–H and O–H groups in total. The Labute approximate surface area is 166 Å². The maximum absolute atomic E-state index is 12.3. The van der Waals surface area contributed by atoms with Crippen LogP contribution in [-0.2, 0) is 4.79 Å². The molecule has 0 amide bonds. The third-order valence-corrected chi connectivity index (χ3v) is 4.81. The summed E-state index contributed by atoms with van der Waals surface area (Å²) in [5, 5.41) is 0. The molecule has 2 unspecified atom stereocenters. The average molecular weight is 372 g/mol. The Hall–Kier alpha value is -3.20. The second-order valence-electron chi connectivity index (χ2n) is 6.96. The molecule has 3 rings (SSSR count). The first-order chi connectivity index (χ1) is 13.5. The van der Waals surface area contributed by atoms with Crippen LogP contribution >= 0.6 is 0 Å². The second kappa shape index (κ2) is 9.14. The fourth-order valence-corrected chi connectivity index (χ4v) is 3.11. The first kappa shape index (κ1) is 19.6. The highest BCUT2D eigenvalue weighted by molar-refractivity contribution is 6.43. The molecule has 0 bridgehead atoms. The molecule has 0 heterocycles. The molecular formula is C25H24O3. The van der Waals surface area contributed by atoms with E-state index in [-0.39, 0.29) is 24.2 Å². The van der Waals surface area contributed by atoms with Crippen LogP contribution in [-0.4, -0.2) is 11.6 Å². The smallest absolute Gasteiger partial charge is 0.228 e. The Kier molecular flexibility index (Phi) is 6.38. The molecule has 142 valence electrons. The van der Waals surface area contributed by atoms with Gasteiger partial charge in [0.05, 0.1) is 0 Å². The van der Waals surface area contributed by atoms with E-state index in [9.17, 15) is 9.59 Å². The van der Waals surface area contributed by atoms with E-state index in [0.717, 1.165) is 16.9 Å². The molecule has 3 aromatic rings. The van der Waals surface area contributed by atoms with Gasteiger partial charge in [-0.1, -0.05) is 79.7 Å². The third kappa shape index (κ3) is 4.95. The normalized spacial score (nSPS) is 12.8. The Bertz CT molecular complexity index is 915.